The van der Waals surface area contributed by atoms with Crippen molar-refractivity contribution < 1.29 is 0 Å². The third-order valence-corrected chi connectivity index (χ3v) is 2.83. The van der Waals surface area contributed by atoms with E-state index in [1.807, 2.05) is 31.2 Å². The Morgan fingerprint density at radius 1 is 1.36 bits per heavy atom. The van der Waals surface area contributed by atoms with Gasteiger partial charge >= 0.3 is 0 Å². The third kappa shape index (κ3) is 1.65. The van der Waals surface area contributed by atoms with E-state index in [1.165, 1.54) is 0 Å². The molecule has 1 aromatic heterocycles. The van der Waals surface area contributed by atoms with Crippen LogP contribution in [0, 0.1) is 0 Å². The monoisotopic (exact) mass is 250 g/mol. The van der Waals surface area contributed by atoms with E-state index < -0.39 is 0 Å². The van der Waals surface area contributed by atoms with Crippen LogP contribution in [0.15, 0.2) is 34.9 Å². The van der Waals surface area contributed by atoms with Gasteiger partial charge in [0.15, 0.2) is 0 Å². The minimum Gasteiger partial charge on any atom is -0.324 e. The number of benzene rings is 1. The maximum atomic E-state index is 5.84. The third-order valence-electron chi connectivity index (χ3n) is 2.20. The summed E-state index contributed by atoms with van der Waals surface area (Å²) in [6, 6.07) is 10.1. The van der Waals surface area contributed by atoms with Crippen molar-refractivity contribution >= 4 is 26.8 Å². The largest absolute Gasteiger partial charge is 0.324 e. The standard InChI is InChI=1S/C11H11BrN2/c1-7(13)9-6-8-4-2-3-5-10(8)14-11(9)12/h2-7H,13H2,1H3. The number of aromatic nitrogens is 1. The van der Waals surface area contributed by atoms with Crippen molar-refractivity contribution in [3.8, 4) is 0 Å². The molecule has 2 N–H and O–H groups in total. The molecule has 1 heterocycles. The Balaban J connectivity index is 2.71. The smallest absolute Gasteiger partial charge is 0.111 e. The number of nitrogens with two attached hydrogens (primary N) is 1. The zero-order chi connectivity index (χ0) is 10.1. The molecule has 14 heavy (non-hydrogen) atoms. The van der Waals surface area contributed by atoms with Crippen LogP contribution in [0.2, 0.25) is 0 Å². The predicted octanol–water partition coefficient (Wildman–Crippen LogP) is 3.02. The van der Waals surface area contributed by atoms with E-state index in [0.717, 1.165) is 21.1 Å². The van der Waals surface area contributed by atoms with Crippen LogP contribution >= 0.6 is 15.9 Å². The molecule has 2 aromatic rings. The molecule has 0 saturated carbocycles. The molecule has 1 atom stereocenters. The van der Waals surface area contributed by atoms with Crippen LogP contribution in [-0.2, 0) is 0 Å². The van der Waals surface area contributed by atoms with Crippen molar-refractivity contribution in [1.82, 2.24) is 4.98 Å². The summed E-state index contributed by atoms with van der Waals surface area (Å²) < 4.78 is 0.839. The van der Waals surface area contributed by atoms with Gasteiger partial charge in [-0.15, -0.1) is 0 Å². The lowest BCUT2D eigenvalue weighted by Crippen LogP contribution is -2.06. The molecule has 0 saturated heterocycles. The first-order valence-corrected chi connectivity index (χ1v) is 5.28. The number of rotatable bonds is 1. The summed E-state index contributed by atoms with van der Waals surface area (Å²) >= 11 is 3.43. The first-order valence-electron chi connectivity index (χ1n) is 4.49. The number of hydrogen-bond acceptors (Lipinski definition) is 2. The van der Waals surface area contributed by atoms with E-state index in [-0.39, 0.29) is 6.04 Å². The highest BCUT2D eigenvalue weighted by atomic mass is 79.9. The topological polar surface area (TPSA) is 38.9 Å². The fourth-order valence-electron chi connectivity index (χ4n) is 1.43. The van der Waals surface area contributed by atoms with Crippen LogP contribution in [-0.4, -0.2) is 4.98 Å². The SMILES string of the molecule is CC(N)c1cc2ccccc2nc1Br. The van der Waals surface area contributed by atoms with Crippen molar-refractivity contribution in [3.05, 3.63) is 40.5 Å². The van der Waals surface area contributed by atoms with E-state index in [9.17, 15) is 0 Å². The second-order valence-electron chi connectivity index (χ2n) is 3.35. The maximum Gasteiger partial charge on any atom is 0.111 e. The number of nitrogens with zero attached hydrogens (tertiary/aromatic N) is 1. The molecule has 3 heteroatoms. The van der Waals surface area contributed by atoms with Crippen LogP contribution in [0.25, 0.3) is 10.9 Å². The lowest BCUT2D eigenvalue weighted by molar-refractivity contribution is 0.808. The molecule has 0 aliphatic rings. The fourth-order valence-corrected chi connectivity index (χ4v) is 2.09. The van der Waals surface area contributed by atoms with E-state index in [0.29, 0.717) is 0 Å². The lowest BCUT2D eigenvalue weighted by atomic mass is 10.1. The number of halogens is 1. The molecule has 0 spiro atoms. The van der Waals surface area contributed by atoms with Gasteiger partial charge in [-0.05, 0) is 35.0 Å². The number of fused-ring (bicyclic) bond motifs is 1. The molecule has 0 bridgehead atoms. The molecule has 1 aromatic carbocycles. The summed E-state index contributed by atoms with van der Waals surface area (Å²) in [7, 11) is 0. The zero-order valence-corrected chi connectivity index (χ0v) is 9.45. The molecule has 0 fully saturated rings. The normalized spacial score (nSPS) is 13.1. The van der Waals surface area contributed by atoms with E-state index >= 15 is 0 Å². The quantitative estimate of drug-likeness (QED) is 0.791. The molecule has 2 nitrogen and oxygen atoms in total. The predicted molar refractivity (Wildman–Crippen MR) is 62.0 cm³/mol. The summed E-state index contributed by atoms with van der Waals surface area (Å²) in [6.07, 6.45) is 0. The Bertz CT molecular complexity index is 466. The number of pyridine rings is 1. The number of hydrogen-bond donors (Lipinski definition) is 1. The Labute approximate surface area is 91.3 Å². The fraction of sp³-hybridized carbons (Fsp3) is 0.182. The van der Waals surface area contributed by atoms with Gasteiger partial charge < -0.3 is 5.73 Å². The van der Waals surface area contributed by atoms with Gasteiger partial charge in [-0.2, -0.15) is 0 Å². The summed E-state index contributed by atoms with van der Waals surface area (Å²) in [4.78, 5) is 4.43. The highest BCUT2D eigenvalue weighted by Crippen LogP contribution is 2.24. The van der Waals surface area contributed by atoms with Gasteiger partial charge in [-0.1, -0.05) is 18.2 Å². The first-order chi connectivity index (χ1) is 6.68. The minimum atomic E-state index is 0.00137. The average Bonchev–Trinajstić information content (AvgIpc) is 2.16. The van der Waals surface area contributed by atoms with Crippen molar-refractivity contribution in [3.63, 3.8) is 0 Å². The zero-order valence-electron chi connectivity index (χ0n) is 7.87. The van der Waals surface area contributed by atoms with Crippen LogP contribution in [0.4, 0.5) is 0 Å². The minimum absolute atomic E-state index is 0.00137. The van der Waals surface area contributed by atoms with Gasteiger partial charge in [0.2, 0.25) is 0 Å². The Hall–Kier alpha value is -0.930. The highest BCUT2D eigenvalue weighted by molar-refractivity contribution is 9.10. The van der Waals surface area contributed by atoms with Gasteiger partial charge in [0.25, 0.3) is 0 Å². The summed E-state index contributed by atoms with van der Waals surface area (Å²) in [5.41, 5.74) is 7.87. The van der Waals surface area contributed by atoms with Crippen LogP contribution < -0.4 is 5.73 Å². The molecule has 72 valence electrons. The lowest BCUT2D eigenvalue weighted by Gasteiger charge is -2.08. The average molecular weight is 251 g/mol. The first kappa shape index (κ1) is 9.62. The molecular formula is C11H11BrN2. The summed E-state index contributed by atoms with van der Waals surface area (Å²) in [5, 5.41) is 1.13. The second kappa shape index (κ2) is 3.67. The van der Waals surface area contributed by atoms with Crippen LogP contribution in [0.5, 0.6) is 0 Å². The van der Waals surface area contributed by atoms with Gasteiger partial charge in [-0.25, -0.2) is 4.98 Å². The van der Waals surface area contributed by atoms with Gasteiger partial charge in [0.1, 0.15) is 4.60 Å². The molecule has 0 radical (unpaired) electrons. The van der Waals surface area contributed by atoms with Crippen molar-refractivity contribution in [2.75, 3.05) is 0 Å². The van der Waals surface area contributed by atoms with Gasteiger partial charge in [0.05, 0.1) is 5.52 Å². The number of para-hydroxylation sites is 1. The van der Waals surface area contributed by atoms with Crippen molar-refractivity contribution in [2.24, 2.45) is 5.73 Å². The Morgan fingerprint density at radius 3 is 2.79 bits per heavy atom. The molecule has 0 aliphatic carbocycles. The highest BCUT2D eigenvalue weighted by Gasteiger charge is 2.07. The van der Waals surface area contributed by atoms with E-state index in [1.54, 1.807) is 0 Å². The van der Waals surface area contributed by atoms with Gasteiger partial charge in [0, 0.05) is 17.0 Å². The molecule has 1 unspecified atom stereocenters. The van der Waals surface area contributed by atoms with Crippen LogP contribution in [0.3, 0.4) is 0 Å². The van der Waals surface area contributed by atoms with E-state index in [2.05, 4.69) is 27.0 Å². The Morgan fingerprint density at radius 2 is 2.07 bits per heavy atom. The Kier molecular flexibility index (Phi) is 2.52. The summed E-state index contributed by atoms with van der Waals surface area (Å²) in [6.45, 7) is 1.95. The molecule has 0 amide bonds. The molecule has 0 aliphatic heterocycles. The summed E-state index contributed by atoms with van der Waals surface area (Å²) in [5.74, 6) is 0. The van der Waals surface area contributed by atoms with Crippen molar-refractivity contribution in [2.45, 2.75) is 13.0 Å². The van der Waals surface area contributed by atoms with Crippen molar-refractivity contribution in [1.29, 1.82) is 0 Å². The molecular weight excluding hydrogens is 240 g/mol. The molecule has 2 rings (SSSR count). The second-order valence-corrected chi connectivity index (χ2v) is 4.10. The maximum absolute atomic E-state index is 5.84. The van der Waals surface area contributed by atoms with E-state index in [4.69, 9.17) is 5.73 Å². The van der Waals surface area contributed by atoms with Crippen LogP contribution in [0.1, 0.15) is 18.5 Å². The van der Waals surface area contributed by atoms with Gasteiger partial charge in [-0.3, -0.25) is 0 Å².